The van der Waals surface area contributed by atoms with Crippen LogP contribution in [0.4, 0.5) is 0 Å². The van der Waals surface area contributed by atoms with Gasteiger partial charge >= 0.3 is 0 Å². The summed E-state index contributed by atoms with van der Waals surface area (Å²) >= 11 is 5.35. The van der Waals surface area contributed by atoms with Crippen molar-refractivity contribution in [1.29, 1.82) is 0 Å². The van der Waals surface area contributed by atoms with Crippen LogP contribution in [0.3, 0.4) is 0 Å². The van der Waals surface area contributed by atoms with Crippen LogP contribution >= 0.6 is 12.2 Å². The standard InChI is InChI=1S/C20H25N3OS/c25-20(21-14-17-4-2-1-3-5-17)22-15-18-6-8-19(9-7-18)16-23-10-12-24-13-11-23/h1-9H,10-16H2,(H2,21,22,25). The van der Waals surface area contributed by atoms with E-state index in [-0.39, 0.29) is 0 Å². The molecule has 2 aromatic carbocycles. The molecule has 0 spiro atoms. The van der Waals surface area contributed by atoms with Crippen LogP contribution in [0.1, 0.15) is 16.7 Å². The number of rotatable bonds is 6. The Bertz CT molecular complexity index is 654. The summed E-state index contributed by atoms with van der Waals surface area (Å²) in [5.74, 6) is 0. The quantitative estimate of drug-likeness (QED) is 0.779. The molecule has 0 saturated carbocycles. The van der Waals surface area contributed by atoms with Crippen LogP contribution in [0.15, 0.2) is 54.6 Å². The lowest BCUT2D eigenvalue weighted by atomic mass is 10.1. The lowest BCUT2D eigenvalue weighted by Gasteiger charge is -2.26. The minimum Gasteiger partial charge on any atom is -0.379 e. The molecule has 0 aromatic heterocycles. The minimum absolute atomic E-state index is 0.682. The number of thiocarbonyl (C=S) groups is 1. The van der Waals surface area contributed by atoms with E-state index in [1.165, 1.54) is 16.7 Å². The van der Waals surface area contributed by atoms with Gasteiger partial charge in [-0.25, -0.2) is 0 Å². The van der Waals surface area contributed by atoms with E-state index in [0.29, 0.717) is 5.11 Å². The number of hydrogen-bond acceptors (Lipinski definition) is 3. The molecular formula is C20H25N3OS. The molecule has 0 atom stereocenters. The Kier molecular flexibility index (Phi) is 6.79. The smallest absolute Gasteiger partial charge is 0.166 e. The first kappa shape index (κ1) is 17.9. The SMILES string of the molecule is S=C(NCc1ccccc1)NCc1ccc(CN2CCOCC2)cc1. The maximum absolute atomic E-state index is 5.39. The molecule has 1 aliphatic rings. The fraction of sp³-hybridized carbons (Fsp3) is 0.350. The summed E-state index contributed by atoms with van der Waals surface area (Å²) in [4.78, 5) is 2.43. The van der Waals surface area contributed by atoms with Crippen molar-refractivity contribution in [3.8, 4) is 0 Å². The van der Waals surface area contributed by atoms with Crippen LogP contribution in [0, 0.1) is 0 Å². The first-order chi connectivity index (χ1) is 12.3. The van der Waals surface area contributed by atoms with E-state index < -0.39 is 0 Å². The third-order valence-electron chi connectivity index (χ3n) is 4.28. The monoisotopic (exact) mass is 355 g/mol. The zero-order valence-corrected chi connectivity index (χ0v) is 15.2. The fourth-order valence-electron chi connectivity index (χ4n) is 2.80. The summed E-state index contributed by atoms with van der Waals surface area (Å²) in [5.41, 5.74) is 3.80. The average molecular weight is 356 g/mol. The lowest BCUT2D eigenvalue weighted by molar-refractivity contribution is 0.0342. The van der Waals surface area contributed by atoms with Crippen LogP contribution in [-0.4, -0.2) is 36.3 Å². The molecule has 1 saturated heterocycles. The van der Waals surface area contributed by atoms with E-state index in [4.69, 9.17) is 17.0 Å². The number of nitrogens with one attached hydrogen (secondary N) is 2. The molecule has 0 unspecified atom stereocenters. The highest BCUT2D eigenvalue weighted by atomic mass is 32.1. The van der Waals surface area contributed by atoms with E-state index in [1.807, 2.05) is 18.2 Å². The Labute approximate surface area is 155 Å². The molecule has 1 aliphatic heterocycles. The van der Waals surface area contributed by atoms with Crippen LogP contribution in [0.25, 0.3) is 0 Å². The van der Waals surface area contributed by atoms with Crippen molar-refractivity contribution >= 4 is 17.3 Å². The number of ether oxygens (including phenoxy) is 1. The first-order valence-electron chi connectivity index (χ1n) is 8.73. The van der Waals surface area contributed by atoms with Gasteiger partial charge in [-0.05, 0) is 28.9 Å². The molecule has 5 heteroatoms. The largest absolute Gasteiger partial charge is 0.379 e. The van der Waals surface area contributed by atoms with Gasteiger partial charge < -0.3 is 15.4 Å². The Morgan fingerprint density at radius 3 is 2.04 bits per heavy atom. The summed E-state index contributed by atoms with van der Waals surface area (Å²) in [6.07, 6.45) is 0. The van der Waals surface area contributed by atoms with Gasteiger partial charge in [0.1, 0.15) is 0 Å². The molecule has 3 rings (SSSR count). The van der Waals surface area contributed by atoms with E-state index >= 15 is 0 Å². The topological polar surface area (TPSA) is 36.5 Å². The van der Waals surface area contributed by atoms with E-state index in [9.17, 15) is 0 Å². The second-order valence-corrected chi connectivity index (χ2v) is 6.64. The van der Waals surface area contributed by atoms with Gasteiger partial charge in [-0.1, -0.05) is 54.6 Å². The molecule has 2 N–H and O–H groups in total. The Morgan fingerprint density at radius 1 is 0.840 bits per heavy atom. The Balaban J connectivity index is 1.39. The lowest BCUT2D eigenvalue weighted by Crippen LogP contribution is -2.35. The molecule has 0 amide bonds. The highest BCUT2D eigenvalue weighted by Crippen LogP contribution is 2.09. The van der Waals surface area contributed by atoms with Gasteiger partial charge in [-0.15, -0.1) is 0 Å². The van der Waals surface area contributed by atoms with E-state index in [2.05, 4.69) is 51.9 Å². The van der Waals surface area contributed by atoms with Crippen molar-refractivity contribution in [2.45, 2.75) is 19.6 Å². The maximum atomic E-state index is 5.39. The van der Waals surface area contributed by atoms with Crippen molar-refractivity contribution in [1.82, 2.24) is 15.5 Å². The molecule has 4 nitrogen and oxygen atoms in total. The third-order valence-corrected chi connectivity index (χ3v) is 4.57. The first-order valence-corrected chi connectivity index (χ1v) is 9.14. The van der Waals surface area contributed by atoms with E-state index in [1.54, 1.807) is 0 Å². The summed E-state index contributed by atoms with van der Waals surface area (Å²) in [5, 5.41) is 7.18. The molecular weight excluding hydrogens is 330 g/mol. The van der Waals surface area contributed by atoms with Crippen molar-refractivity contribution < 1.29 is 4.74 Å². The molecule has 2 aromatic rings. The number of benzene rings is 2. The summed E-state index contributed by atoms with van der Waals surface area (Å²) in [6, 6.07) is 19.0. The minimum atomic E-state index is 0.682. The van der Waals surface area contributed by atoms with Gasteiger partial charge in [0, 0.05) is 32.7 Å². The number of hydrogen-bond donors (Lipinski definition) is 2. The molecule has 25 heavy (non-hydrogen) atoms. The van der Waals surface area contributed by atoms with Gasteiger partial charge in [0.2, 0.25) is 0 Å². The summed E-state index contributed by atoms with van der Waals surface area (Å²) < 4.78 is 5.39. The van der Waals surface area contributed by atoms with Crippen LogP contribution < -0.4 is 10.6 Å². The molecule has 0 radical (unpaired) electrons. The average Bonchev–Trinajstić information content (AvgIpc) is 2.67. The van der Waals surface area contributed by atoms with Crippen molar-refractivity contribution in [3.05, 3.63) is 71.3 Å². The predicted molar refractivity (Wildman–Crippen MR) is 105 cm³/mol. The summed E-state index contributed by atoms with van der Waals surface area (Å²) in [6.45, 7) is 6.19. The second kappa shape index (κ2) is 9.51. The highest BCUT2D eigenvalue weighted by Gasteiger charge is 2.10. The van der Waals surface area contributed by atoms with Crippen molar-refractivity contribution in [2.75, 3.05) is 26.3 Å². The Morgan fingerprint density at radius 2 is 1.40 bits per heavy atom. The van der Waals surface area contributed by atoms with E-state index in [0.717, 1.165) is 45.9 Å². The Hall–Kier alpha value is -1.95. The number of morpholine rings is 1. The molecule has 0 bridgehead atoms. The molecule has 132 valence electrons. The summed E-state index contributed by atoms with van der Waals surface area (Å²) in [7, 11) is 0. The predicted octanol–water partition coefficient (Wildman–Crippen LogP) is 2.68. The van der Waals surface area contributed by atoms with Crippen molar-refractivity contribution in [3.63, 3.8) is 0 Å². The van der Waals surface area contributed by atoms with Gasteiger partial charge in [-0.3, -0.25) is 4.90 Å². The van der Waals surface area contributed by atoms with Crippen LogP contribution in [0.5, 0.6) is 0 Å². The van der Waals surface area contributed by atoms with Gasteiger partial charge in [0.15, 0.2) is 5.11 Å². The van der Waals surface area contributed by atoms with Gasteiger partial charge in [0.25, 0.3) is 0 Å². The molecule has 1 fully saturated rings. The van der Waals surface area contributed by atoms with Crippen LogP contribution in [-0.2, 0) is 24.4 Å². The third kappa shape index (κ3) is 6.12. The zero-order chi connectivity index (χ0) is 17.3. The highest BCUT2D eigenvalue weighted by molar-refractivity contribution is 7.80. The zero-order valence-electron chi connectivity index (χ0n) is 14.4. The van der Waals surface area contributed by atoms with Crippen molar-refractivity contribution in [2.24, 2.45) is 0 Å². The molecule has 0 aliphatic carbocycles. The van der Waals surface area contributed by atoms with Crippen LogP contribution in [0.2, 0.25) is 0 Å². The number of nitrogens with zero attached hydrogens (tertiary/aromatic N) is 1. The second-order valence-electron chi connectivity index (χ2n) is 6.23. The normalized spacial score (nSPS) is 14.9. The van der Waals surface area contributed by atoms with Gasteiger partial charge in [0.05, 0.1) is 13.2 Å². The van der Waals surface area contributed by atoms with Gasteiger partial charge in [-0.2, -0.15) is 0 Å². The molecule has 1 heterocycles. The fourth-order valence-corrected chi connectivity index (χ4v) is 2.95. The maximum Gasteiger partial charge on any atom is 0.166 e.